The predicted octanol–water partition coefficient (Wildman–Crippen LogP) is 4.70. The Balaban J connectivity index is 1.88. The van der Waals surface area contributed by atoms with Gasteiger partial charge in [-0.3, -0.25) is 0 Å². The minimum Gasteiger partial charge on any atom is -0.384 e. The summed E-state index contributed by atoms with van der Waals surface area (Å²) >= 11 is 5.84. The van der Waals surface area contributed by atoms with Crippen molar-refractivity contribution in [2.45, 2.75) is 19.0 Å². The maximum Gasteiger partial charge on any atom is 0.131 e. The largest absolute Gasteiger partial charge is 0.384 e. The van der Waals surface area contributed by atoms with Crippen molar-refractivity contribution in [1.29, 1.82) is 0 Å². The molecule has 0 bridgehead atoms. The van der Waals surface area contributed by atoms with Crippen molar-refractivity contribution in [3.05, 3.63) is 63.9 Å². The van der Waals surface area contributed by atoms with Crippen LogP contribution in [0.3, 0.4) is 0 Å². The minimum absolute atomic E-state index is 0.00940. The molecule has 1 nitrogen and oxygen atoms in total. The topological polar surface area (TPSA) is 12.0 Å². The average molecular weight is 294 g/mol. The molecule has 4 heteroatoms. The van der Waals surface area contributed by atoms with Gasteiger partial charge in [0.15, 0.2) is 0 Å². The molecule has 3 rings (SSSR count). The summed E-state index contributed by atoms with van der Waals surface area (Å²) in [4.78, 5) is 0. The lowest BCUT2D eigenvalue weighted by molar-refractivity contribution is 0.339. The number of para-hydroxylation sites is 1. The molecule has 0 amide bonds. The molecule has 1 atom stereocenters. The molecule has 0 saturated heterocycles. The molecule has 0 fully saturated rings. The van der Waals surface area contributed by atoms with Gasteiger partial charge in [-0.1, -0.05) is 29.8 Å². The fraction of sp³-hybridized carbons (Fsp3) is 0.250. The predicted molar refractivity (Wildman–Crippen MR) is 77.6 cm³/mol. The zero-order chi connectivity index (χ0) is 14.1. The van der Waals surface area contributed by atoms with Gasteiger partial charge in [0, 0.05) is 29.2 Å². The van der Waals surface area contributed by atoms with Crippen LogP contribution in [0.1, 0.15) is 22.9 Å². The summed E-state index contributed by atoms with van der Waals surface area (Å²) in [5, 5.41) is 3.62. The van der Waals surface area contributed by atoms with Crippen molar-refractivity contribution in [2.75, 3.05) is 11.9 Å². The van der Waals surface area contributed by atoms with Crippen LogP contribution in [0.5, 0.6) is 0 Å². The summed E-state index contributed by atoms with van der Waals surface area (Å²) in [5.74, 6) is -0.419. The number of hydrogen-bond donors (Lipinski definition) is 1. The van der Waals surface area contributed by atoms with Crippen molar-refractivity contribution in [3.63, 3.8) is 0 Å². The van der Waals surface area contributed by atoms with Crippen molar-refractivity contribution in [1.82, 2.24) is 0 Å². The first-order valence-electron chi connectivity index (χ1n) is 6.59. The van der Waals surface area contributed by atoms with E-state index in [1.807, 2.05) is 12.1 Å². The molecule has 2 aromatic rings. The van der Waals surface area contributed by atoms with Crippen LogP contribution in [0.2, 0.25) is 5.02 Å². The van der Waals surface area contributed by atoms with Gasteiger partial charge in [-0.2, -0.15) is 0 Å². The fourth-order valence-electron chi connectivity index (χ4n) is 2.63. The van der Waals surface area contributed by atoms with Gasteiger partial charge >= 0.3 is 0 Å². The van der Waals surface area contributed by atoms with Gasteiger partial charge in [-0.05, 0) is 35.7 Å². The number of alkyl halides is 1. The Morgan fingerprint density at radius 1 is 1.25 bits per heavy atom. The number of nitrogens with one attached hydrogen (secondary N) is 1. The molecular weight excluding hydrogens is 280 g/mol. The van der Waals surface area contributed by atoms with Crippen LogP contribution < -0.4 is 5.32 Å². The highest BCUT2D eigenvalue weighted by atomic mass is 35.5. The lowest BCUT2D eigenvalue weighted by Crippen LogP contribution is -2.03. The van der Waals surface area contributed by atoms with E-state index >= 15 is 0 Å². The van der Waals surface area contributed by atoms with Gasteiger partial charge in [0.05, 0.1) is 0 Å². The molecule has 0 radical (unpaired) electrons. The Morgan fingerprint density at radius 3 is 2.95 bits per heavy atom. The lowest BCUT2D eigenvalue weighted by atomic mass is 9.98. The minimum atomic E-state index is -1.25. The maximum atomic E-state index is 14.5. The molecule has 0 aromatic heterocycles. The molecule has 1 N–H and O–H groups in total. The molecule has 1 aliphatic heterocycles. The standard InChI is InChI=1S/C16H14ClF2N/c17-12-4-5-14(18)11(8-12)9-15(19)13-3-1-2-10-6-7-20-16(10)13/h1-5,8,15,20H,6-7,9H2. The molecule has 0 spiro atoms. The molecule has 104 valence electrons. The molecule has 0 saturated carbocycles. The number of halogens is 3. The van der Waals surface area contributed by atoms with Crippen LogP contribution in [-0.2, 0) is 12.8 Å². The summed E-state index contributed by atoms with van der Waals surface area (Å²) < 4.78 is 28.2. The third kappa shape index (κ3) is 2.50. The normalized spacial score (nSPS) is 14.8. The Hall–Kier alpha value is -1.61. The molecule has 1 unspecified atom stereocenters. The van der Waals surface area contributed by atoms with E-state index in [2.05, 4.69) is 5.32 Å². The maximum absolute atomic E-state index is 14.5. The SMILES string of the molecule is Fc1ccc(Cl)cc1CC(F)c1cccc2c1NCC2. The number of rotatable bonds is 3. The Labute approximate surface area is 121 Å². The van der Waals surface area contributed by atoms with Crippen molar-refractivity contribution in [2.24, 2.45) is 0 Å². The van der Waals surface area contributed by atoms with E-state index in [1.54, 1.807) is 6.07 Å². The van der Waals surface area contributed by atoms with Crippen LogP contribution in [-0.4, -0.2) is 6.54 Å². The van der Waals surface area contributed by atoms with Crippen molar-refractivity contribution < 1.29 is 8.78 Å². The third-order valence-corrected chi connectivity index (χ3v) is 3.86. The summed E-state index contributed by atoms with van der Waals surface area (Å²) in [6.07, 6.45) is -0.352. The van der Waals surface area contributed by atoms with Gasteiger partial charge < -0.3 is 5.32 Å². The Morgan fingerprint density at radius 2 is 2.10 bits per heavy atom. The van der Waals surface area contributed by atoms with Crippen molar-refractivity contribution in [3.8, 4) is 0 Å². The van der Waals surface area contributed by atoms with Crippen LogP contribution in [0, 0.1) is 5.82 Å². The first-order valence-corrected chi connectivity index (χ1v) is 6.96. The molecule has 2 aromatic carbocycles. The van der Waals surface area contributed by atoms with Crippen LogP contribution in [0.15, 0.2) is 36.4 Å². The van der Waals surface area contributed by atoms with E-state index in [-0.39, 0.29) is 6.42 Å². The monoisotopic (exact) mass is 293 g/mol. The second-order valence-corrected chi connectivity index (χ2v) is 5.40. The van der Waals surface area contributed by atoms with Gasteiger partial charge in [-0.15, -0.1) is 0 Å². The van der Waals surface area contributed by atoms with Crippen LogP contribution in [0.4, 0.5) is 14.5 Å². The summed E-state index contributed by atoms with van der Waals surface area (Å²) in [5.41, 5.74) is 2.89. The molecular formula is C16H14ClF2N. The van der Waals surface area contributed by atoms with E-state index in [1.165, 1.54) is 18.2 Å². The average Bonchev–Trinajstić information content (AvgIpc) is 2.91. The lowest BCUT2D eigenvalue weighted by Gasteiger charge is -2.14. The van der Waals surface area contributed by atoms with Crippen LogP contribution >= 0.6 is 11.6 Å². The number of fused-ring (bicyclic) bond motifs is 1. The van der Waals surface area contributed by atoms with E-state index in [4.69, 9.17) is 11.6 Å². The highest BCUT2D eigenvalue weighted by Gasteiger charge is 2.21. The van der Waals surface area contributed by atoms with E-state index in [0.717, 1.165) is 24.2 Å². The second-order valence-electron chi connectivity index (χ2n) is 4.97. The quantitative estimate of drug-likeness (QED) is 0.865. The van der Waals surface area contributed by atoms with Gasteiger partial charge in [0.2, 0.25) is 0 Å². The Bertz CT molecular complexity index is 642. The first-order chi connectivity index (χ1) is 9.65. The highest BCUT2D eigenvalue weighted by Crippen LogP contribution is 2.34. The fourth-order valence-corrected chi connectivity index (χ4v) is 2.82. The number of benzene rings is 2. The number of anilines is 1. The zero-order valence-electron chi connectivity index (χ0n) is 10.8. The molecule has 0 aliphatic carbocycles. The van der Waals surface area contributed by atoms with E-state index in [0.29, 0.717) is 16.1 Å². The third-order valence-electron chi connectivity index (χ3n) is 3.62. The number of hydrogen-bond acceptors (Lipinski definition) is 1. The molecule has 20 heavy (non-hydrogen) atoms. The summed E-state index contributed by atoms with van der Waals surface area (Å²) in [6.45, 7) is 0.824. The van der Waals surface area contributed by atoms with Crippen LogP contribution in [0.25, 0.3) is 0 Å². The summed E-state index contributed by atoms with van der Waals surface area (Å²) in [7, 11) is 0. The summed E-state index contributed by atoms with van der Waals surface area (Å²) in [6, 6.07) is 9.82. The smallest absolute Gasteiger partial charge is 0.131 e. The first kappa shape index (κ1) is 13.4. The molecule has 1 heterocycles. The Kier molecular flexibility index (Phi) is 3.62. The zero-order valence-corrected chi connectivity index (χ0v) is 11.6. The second kappa shape index (κ2) is 5.41. The van der Waals surface area contributed by atoms with Gasteiger partial charge in [0.1, 0.15) is 12.0 Å². The van der Waals surface area contributed by atoms with Crippen molar-refractivity contribution >= 4 is 17.3 Å². The van der Waals surface area contributed by atoms with Gasteiger partial charge in [-0.25, -0.2) is 8.78 Å². The van der Waals surface area contributed by atoms with Gasteiger partial charge in [0.25, 0.3) is 0 Å². The van der Waals surface area contributed by atoms with E-state index in [9.17, 15) is 8.78 Å². The highest BCUT2D eigenvalue weighted by molar-refractivity contribution is 6.30. The van der Waals surface area contributed by atoms with E-state index < -0.39 is 12.0 Å². The molecule has 1 aliphatic rings.